The first-order valence-corrected chi connectivity index (χ1v) is 8.82. The van der Waals surface area contributed by atoms with Crippen LogP contribution in [0.3, 0.4) is 0 Å². The van der Waals surface area contributed by atoms with E-state index >= 15 is 0 Å². The fraction of sp³-hybridized carbons (Fsp3) is 0.471. The van der Waals surface area contributed by atoms with Crippen LogP contribution in [-0.2, 0) is 12.6 Å². The van der Waals surface area contributed by atoms with E-state index in [1.807, 2.05) is 27.7 Å². The van der Waals surface area contributed by atoms with E-state index in [1.165, 1.54) is 18.4 Å². The molecule has 0 fully saturated rings. The van der Waals surface area contributed by atoms with Crippen LogP contribution < -0.4 is 4.74 Å². The van der Waals surface area contributed by atoms with Gasteiger partial charge in [0.05, 0.1) is 18.4 Å². The number of thiazole rings is 1. The van der Waals surface area contributed by atoms with Crippen molar-refractivity contribution in [3.05, 3.63) is 33.1 Å². The fourth-order valence-corrected chi connectivity index (χ4v) is 3.46. The summed E-state index contributed by atoms with van der Waals surface area (Å²) in [4.78, 5) is 5.07. The molecule has 0 saturated heterocycles. The minimum atomic E-state index is -4.44. The van der Waals surface area contributed by atoms with Gasteiger partial charge in [-0.05, 0) is 30.5 Å². The molecule has 0 unspecified atom stereocenters. The third-order valence-electron chi connectivity index (χ3n) is 3.01. The van der Waals surface area contributed by atoms with Gasteiger partial charge in [0.1, 0.15) is 5.75 Å². The van der Waals surface area contributed by atoms with E-state index in [2.05, 4.69) is 4.98 Å². The maximum atomic E-state index is 13.0. The molecule has 2 rings (SSSR count). The van der Waals surface area contributed by atoms with Crippen molar-refractivity contribution in [1.29, 1.82) is 0 Å². The molecule has 0 aliphatic carbocycles. The lowest BCUT2D eigenvalue weighted by Gasteiger charge is -2.12. The number of nitrogens with zero attached hydrogens (tertiary/aromatic N) is 1. The predicted molar refractivity (Wildman–Crippen MR) is 94.0 cm³/mol. The highest BCUT2D eigenvalue weighted by molar-refractivity contribution is 7.16. The van der Waals surface area contributed by atoms with Crippen LogP contribution in [-0.4, -0.2) is 12.1 Å². The number of hydrogen-bond donors (Lipinski definition) is 0. The molecule has 0 spiro atoms. The second kappa shape index (κ2) is 8.72. The molecule has 24 heavy (non-hydrogen) atoms. The lowest BCUT2D eigenvalue weighted by atomic mass is 10.0. The highest BCUT2D eigenvalue weighted by Crippen LogP contribution is 2.38. The van der Waals surface area contributed by atoms with E-state index in [0.29, 0.717) is 28.1 Å². The monoisotopic (exact) mass is 379 g/mol. The van der Waals surface area contributed by atoms with E-state index in [1.54, 1.807) is 6.07 Å². The van der Waals surface area contributed by atoms with Crippen molar-refractivity contribution in [1.82, 2.24) is 4.98 Å². The summed E-state index contributed by atoms with van der Waals surface area (Å²) in [6.45, 7) is 8.06. The summed E-state index contributed by atoms with van der Waals surface area (Å²) in [5.74, 6) is 0.493. The zero-order chi connectivity index (χ0) is 18.5. The molecule has 1 aromatic heterocycles. The molecule has 0 saturated carbocycles. The van der Waals surface area contributed by atoms with Gasteiger partial charge in [-0.3, -0.25) is 0 Å². The molecule has 1 aromatic carbocycles. The SMILES string of the molecule is CC.COc1cc(-c2nc(Cl)sc2CC(C)C)cc(C(F)(F)F)c1. The predicted octanol–water partition coefficient (Wildman–Crippen LogP) is 6.72. The van der Waals surface area contributed by atoms with Crippen LogP contribution in [0.15, 0.2) is 18.2 Å². The van der Waals surface area contributed by atoms with Gasteiger partial charge in [-0.2, -0.15) is 13.2 Å². The van der Waals surface area contributed by atoms with Gasteiger partial charge in [-0.25, -0.2) is 4.98 Å². The van der Waals surface area contributed by atoms with Crippen molar-refractivity contribution in [2.45, 2.75) is 40.3 Å². The third-order valence-corrected chi connectivity index (χ3v) is 4.19. The highest BCUT2D eigenvalue weighted by Gasteiger charge is 2.32. The molecule has 7 heteroatoms. The third kappa shape index (κ3) is 5.38. The number of alkyl halides is 3. The first kappa shape index (κ1) is 20.8. The van der Waals surface area contributed by atoms with Gasteiger partial charge >= 0.3 is 6.18 Å². The second-order valence-corrected chi connectivity index (χ2v) is 6.95. The Labute approximate surface area is 149 Å². The summed E-state index contributed by atoms with van der Waals surface area (Å²) in [6, 6.07) is 3.60. The molecule has 0 atom stereocenters. The van der Waals surface area contributed by atoms with Crippen LogP contribution in [0.5, 0.6) is 5.75 Å². The molecule has 2 aromatic rings. The lowest BCUT2D eigenvalue weighted by molar-refractivity contribution is -0.137. The van der Waals surface area contributed by atoms with Crippen LogP contribution >= 0.6 is 22.9 Å². The Hall–Kier alpha value is -1.27. The topological polar surface area (TPSA) is 22.1 Å². The van der Waals surface area contributed by atoms with Gasteiger partial charge in [0.25, 0.3) is 0 Å². The summed E-state index contributed by atoms with van der Waals surface area (Å²) in [5, 5.41) is 0. The number of halogens is 4. The average molecular weight is 380 g/mol. The van der Waals surface area contributed by atoms with Crippen molar-refractivity contribution in [2.75, 3.05) is 7.11 Å². The first-order chi connectivity index (χ1) is 11.2. The molecule has 0 radical (unpaired) electrons. The Kier molecular flexibility index (Phi) is 7.55. The zero-order valence-corrected chi connectivity index (χ0v) is 15.9. The first-order valence-electron chi connectivity index (χ1n) is 7.62. The Bertz CT molecular complexity index is 668. The van der Waals surface area contributed by atoms with Crippen LogP contribution in [0.25, 0.3) is 11.3 Å². The highest BCUT2D eigenvalue weighted by atomic mass is 35.5. The Morgan fingerprint density at radius 3 is 2.33 bits per heavy atom. The van der Waals surface area contributed by atoms with Crippen molar-refractivity contribution >= 4 is 22.9 Å². The fourth-order valence-electron chi connectivity index (χ4n) is 2.08. The standard InChI is InChI=1S/C15H15ClF3NOS.C2H6/c1-8(2)4-12-13(20-14(16)22-12)9-5-10(15(17,18)19)7-11(6-9)21-3;1-2/h5-8H,4H2,1-3H3;1-2H3. The van der Waals surface area contributed by atoms with Crippen molar-refractivity contribution in [2.24, 2.45) is 5.92 Å². The molecule has 0 aliphatic heterocycles. The van der Waals surface area contributed by atoms with Crippen LogP contribution in [0.1, 0.15) is 38.1 Å². The molecule has 2 nitrogen and oxygen atoms in total. The number of aromatic nitrogens is 1. The molecule has 0 N–H and O–H groups in total. The minimum absolute atomic E-state index is 0.143. The molecule has 0 aliphatic rings. The molecule has 1 heterocycles. The number of benzene rings is 1. The lowest BCUT2D eigenvalue weighted by Crippen LogP contribution is -2.06. The van der Waals surface area contributed by atoms with Gasteiger partial charge in [0, 0.05) is 10.4 Å². The van der Waals surface area contributed by atoms with E-state index in [0.717, 1.165) is 17.0 Å². The number of rotatable bonds is 4. The van der Waals surface area contributed by atoms with Gasteiger partial charge < -0.3 is 4.74 Å². The second-order valence-electron chi connectivity index (χ2n) is 5.28. The van der Waals surface area contributed by atoms with Gasteiger partial charge in [-0.1, -0.05) is 39.3 Å². The van der Waals surface area contributed by atoms with Gasteiger partial charge in [-0.15, -0.1) is 11.3 Å². The summed E-state index contributed by atoms with van der Waals surface area (Å²) < 4.78 is 44.4. The van der Waals surface area contributed by atoms with Gasteiger partial charge in [0.15, 0.2) is 4.47 Å². The minimum Gasteiger partial charge on any atom is -0.497 e. The quantitative estimate of drug-likeness (QED) is 0.588. The molecular formula is C17H21ClF3NOS. The zero-order valence-electron chi connectivity index (χ0n) is 14.3. The maximum absolute atomic E-state index is 13.0. The Balaban J connectivity index is 0.00000139. The van der Waals surface area contributed by atoms with Gasteiger partial charge in [0.2, 0.25) is 0 Å². The summed E-state index contributed by atoms with van der Waals surface area (Å²) in [5.41, 5.74) is 0.0973. The van der Waals surface area contributed by atoms with Crippen molar-refractivity contribution in [3.8, 4) is 17.0 Å². The van der Waals surface area contributed by atoms with Crippen molar-refractivity contribution in [3.63, 3.8) is 0 Å². The number of hydrogen-bond acceptors (Lipinski definition) is 3. The molecule has 0 amide bonds. The van der Waals surface area contributed by atoms with E-state index in [4.69, 9.17) is 16.3 Å². The normalized spacial score (nSPS) is 11.2. The smallest absolute Gasteiger partial charge is 0.416 e. The maximum Gasteiger partial charge on any atom is 0.416 e. The largest absolute Gasteiger partial charge is 0.497 e. The van der Waals surface area contributed by atoms with E-state index < -0.39 is 11.7 Å². The molecular weight excluding hydrogens is 359 g/mol. The summed E-state index contributed by atoms with van der Waals surface area (Å²) >= 11 is 7.25. The molecule has 0 bridgehead atoms. The number of methoxy groups -OCH3 is 1. The van der Waals surface area contributed by atoms with E-state index in [-0.39, 0.29) is 5.75 Å². The molecule has 134 valence electrons. The van der Waals surface area contributed by atoms with Crippen LogP contribution in [0.2, 0.25) is 4.47 Å². The Morgan fingerprint density at radius 1 is 1.21 bits per heavy atom. The Morgan fingerprint density at radius 2 is 1.83 bits per heavy atom. The van der Waals surface area contributed by atoms with Crippen LogP contribution in [0, 0.1) is 5.92 Å². The van der Waals surface area contributed by atoms with Crippen molar-refractivity contribution < 1.29 is 17.9 Å². The van der Waals surface area contributed by atoms with E-state index in [9.17, 15) is 13.2 Å². The van der Waals surface area contributed by atoms with Crippen LogP contribution in [0.4, 0.5) is 13.2 Å². The average Bonchev–Trinajstić information content (AvgIpc) is 2.87. The number of ether oxygens (including phenoxy) is 1. The summed E-state index contributed by atoms with van der Waals surface area (Å²) in [6.07, 6.45) is -3.74. The summed E-state index contributed by atoms with van der Waals surface area (Å²) in [7, 11) is 1.34.